The summed E-state index contributed by atoms with van der Waals surface area (Å²) < 4.78 is 5.53. The van der Waals surface area contributed by atoms with Gasteiger partial charge in [-0.1, -0.05) is 29.3 Å². The number of benzene rings is 2. The molecule has 6 nitrogen and oxygen atoms in total. The first-order chi connectivity index (χ1) is 13.1. The topological polar surface area (TPSA) is 76.5 Å². The molecule has 0 bridgehead atoms. The lowest BCUT2D eigenvalue weighted by Crippen LogP contribution is -2.18. The van der Waals surface area contributed by atoms with Crippen molar-refractivity contribution in [2.24, 2.45) is 5.10 Å². The lowest BCUT2D eigenvalue weighted by Gasteiger charge is -2.07. The van der Waals surface area contributed by atoms with Crippen LogP contribution in [0.4, 0.5) is 0 Å². The van der Waals surface area contributed by atoms with Gasteiger partial charge in [-0.2, -0.15) is 5.10 Å². The van der Waals surface area contributed by atoms with Crippen molar-refractivity contribution in [1.82, 2.24) is 15.4 Å². The van der Waals surface area contributed by atoms with Crippen LogP contribution in [-0.2, 0) is 4.79 Å². The third-order valence-electron chi connectivity index (χ3n) is 3.60. The van der Waals surface area contributed by atoms with Crippen LogP contribution in [0.5, 0.6) is 5.75 Å². The molecular formula is C19H16Cl2N4O2. The number of fused-ring (bicyclic) bond motifs is 1. The molecule has 3 aromatic rings. The summed E-state index contributed by atoms with van der Waals surface area (Å²) in [7, 11) is 0. The number of hydrogen-bond acceptors (Lipinski definition) is 5. The Kier molecular flexibility index (Phi) is 6.57. The standard InChI is InChI=1S/C19H16Cl2N4O2/c20-14-4-6-18(15(21)11-14)27-9-1-2-19(26)25-24-12-13-3-5-16-17(10-13)23-8-7-22-16/h3-8,10-12H,1-2,9H2,(H,25,26)/b24-12+. The first kappa shape index (κ1) is 19.1. The van der Waals surface area contributed by atoms with E-state index in [4.69, 9.17) is 27.9 Å². The summed E-state index contributed by atoms with van der Waals surface area (Å²) in [5, 5.41) is 4.95. The van der Waals surface area contributed by atoms with Crippen molar-refractivity contribution in [1.29, 1.82) is 0 Å². The van der Waals surface area contributed by atoms with Gasteiger partial charge in [-0.3, -0.25) is 14.8 Å². The summed E-state index contributed by atoms with van der Waals surface area (Å²) in [5.74, 6) is 0.344. The van der Waals surface area contributed by atoms with Crippen LogP contribution in [0, 0.1) is 0 Å². The van der Waals surface area contributed by atoms with Gasteiger partial charge in [0.25, 0.3) is 0 Å². The van der Waals surface area contributed by atoms with Crippen LogP contribution in [0.1, 0.15) is 18.4 Å². The van der Waals surface area contributed by atoms with Crippen molar-refractivity contribution in [2.45, 2.75) is 12.8 Å². The Bertz CT molecular complexity index is 979. The van der Waals surface area contributed by atoms with Crippen LogP contribution in [0.25, 0.3) is 11.0 Å². The van der Waals surface area contributed by atoms with E-state index in [0.29, 0.717) is 28.8 Å². The molecule has 0 aliphatic carbocycles. The van der Waals surface area contributed by atoms with Crippen molar-refractivity contribution < 1.29 is 9.53 Å². The molecule has 0 aliphatic heterocycles. The van der Waals surface area contributed by atoms with Crippen LogP contribution in [0.2, 0.25) is 10.0 Å². The highest BCUT2D eigenvalue weighted by molar-refractivity contribution is 6.35. The third-order valence-corrected chi connectivity index (χ3v) is 4.13. The summed E-state index contributed by atoms with van der Waals surface area (Å²) >= 11 is 11.8. The number of carbonyl (C=O) groups is 1. The number of rotatable bonds is 7. The molecule has 0 unspecified atom stereocenters. The quantitative estimate of drug-likeness (QED) is 0.364. The molecule has 0 radical (unpaired) electrons. The van der Waals surface area contributed by atoms with Gasteiger partial charge in [-0.25, -0.2) is 5.43 Å². The molecule has 0 fully saturated rings. The van der Waals surface area contributed by atoms with E-state index in [1.165, 1.54) is 0 Å². The lowest BCUT2D eigenvalue weighted by atomic mass is 10.2. The molecule has 1 heterocycles. The maximum Gasteiger partial charge on any atom is 0.240 e. The Morgan fingerprint density at radius 3 is 2.74 bits per heavy atom. The van der Waals surface area contributed by atoms with Crippen LogP contribution in [0.3, 0.4) is 0 Å². The van der Waals surface area contributed by atoms with Crippen molar-refractivity contribution in [3.05, 3.63) is 64.4 Å². The smallest absolute Gasteiger partial charge is 0.240 e. The SMILES string of the molecule is O=C(CCCOc1ccc(Cl)cc1Cl)N/N=C/c1ccc2nccnc2c1. The number of halogens is 2. The minimum atomic E-state index is -0.197. The third kappa shape index (κ3) is 5.64. The number of ether oxygens (including phenoxy) is 1. The molecule has 0 saturated heterocycles. The number of nitrogens with zero attached hydrogens (tertiary/aromatic N) is 3. The van der Waals surface area contributed by atoms with Crippen molar-refractivity contribution in [3.8, 4) is 5.75 Å². The van der Waals surface area contributed by atoms with Gasteiger partial charge in [0.2, 0.25) is 5.91 Å². The van der Waals surface area contributed by atoms with E-state index in [1.54, 1.807) is 36.8 Å². The predicted molar refractivity (Wildman–Crippen MR) is 106 cm³/mol. The van der Waals surface area contributed by atoms with E-state index < -0.39 is 0 Å². The fourth-order valence-electron chi connectivity index (χ4n) is 2.30. The number of hydrogen-bond donors (Lipinski definition) is 1. The molecule has 1 aromatic heterocycles. The fraction of sp³-hybridized carbons (Fsp3) is 0.158. The molecule has 0 atom stereocenters. The van der Waals surface area contributed by atoms with Crippen molar-refractivity contribution >= 4 is 46.4 Å². The van der Waals surface area contributed by atoms with Crippen LogP contribution in [-0.4, -0.2) is 28.7 Å². The van der Waals surface area contributed by atoms with Crippen LogP contribution < -0.4 is 10.2 Å². The second-order valence-corrected chi connectivity index (χ2v) is 6.47. The highest BCUT2D eigenvalue weighted by Crippen LogP contribution is 2.27. The fourth-order valence-corrected chi connectivity index (χ4v) is 2.77. The number of amides is 1. The summed E-state index contributed by atoms with van der Waals surface area (Å²) in [6.07, 6.45) is 5.65. The van der Waals surface area contributed by atoms with E-state index in [2.05, 4.69) is 20.5 Å². The molecule has 0 saturated carbocycles. The average Bonchev–Trinajstić information content (AvgIpc) is 2.66. The maximum absolute atomic E-state index is 11.8. The van der Waals surface area contributed by atoms with Crippen LogP contribution >= 0.6 is 23.2 Å². The van der Waals surface area contributed by atoms with Gasteiger partial charge in [0.1, 0.15) is 5.75 Å². The van der Waals surface area contributed by atoms with Crippen molar-refractivity contribution in [2.75, 3.05) is 6.61 Å². The van der Waals surface area contributed by atoms with E-state index in [9.17, 15) is 4.79 Å². The lowest BCUT2D eigenvalue weighted by molar-refractivity contribution is -0.121. The number of aromatic nitrogens is 2. The molecule has 2 aromatic carbocycles. The van der Waals surface area contributed by atoms with Gasteiger partial charge >= 0.3 is 0 Å². The number of nitrogens with one attached hydrogen (secondary N) is 1. The molecule has 0 spiro atoms. The van der Waals surface area contributed by atoms with Gasteiger partial charge in [0.05, 0.1) is 28.9 Å². The maximum atomic E-state index is 11.8. The van der Waals surface area contributed by atoms with E-state index in [1.807, 2.05) is 18.2 Å². The predicted octanol–water partition coefficient (Wildman–Crippen LogP) is 4.25. The van der Waals surface area contributed by atoms with Crippen LogP contribution in [0.15, 0.2) is 53.9 Å². The highest BCUT2D eigenvalue weighted by Gasteiger charge is 2.04. The summed E-state index contributed by atoms with van der Waals surface area (Å²) in [5.41, 5.74) is 4.89. The van der Waals surface area contributed by atoms with E-state index >= 15 is 0 Å². The highest BCUT2D eigenvalue weighted by atomic mass is 35.5. The van der Waals surface area contributed by atoms with E-state index in [0.717, 1.165) is 16.6 Å². The molecule has 138 valence electrons. The van der Waals surface area contributed by atoms with E-state index in [-0.39, 0.29) is 12.3 Å². The largest absolute Gasteiger partial charge is 0.492 e. The zero-order chi connectivity index (χ0) is 19.1. The van der Waals surface area contributed by atoms with Gasteiger partial charge < -0.3 is 4.74 Å². The Balaban J connectivity index is 1.41. The second-order valence-electron chi connectivity index (χ2n) is 5.62. The summed E-state index contributed by atoms with van der Waals surface area (Å²) in [6.45, 7) is 0.363. The minimum absolute atomic E-state index is 0.197. The summed E-state index contributed by atoms with van der Waals surface area (Å²) in [6, 6.07) is 10.6. The molecule has 3 rings (SSSR count). The molecule has 1 amide bonds. The number of carbonyl (C=O) groups excluding carboxylic acids is 1. The van der Waals surface area contributed by atoms with Gasteiger partial charge in [0.15, 0.2) is 0 Å². The Hall–Kier alpha value is -2.70. The van der Waals surface area contributed by atoms with Gasteiger partial charge in [-0.15, -0.1) is 0 Å². The Morgan fingerprint density at radius 2 is 1.93 bits per heavy atom. The zero-order valence-corrected chi connectivity index (χ0v) is 15.7. The molecule has 0 aliphatic rings. The molecule has 8 heteroatoms. The van der Waals surface area contributed by atoms with Crippen molar-refractivity contribution in [3.63, 3.8) is 0 Å². The minimum Gasteiger partial charge on any atom is -0.492 e. The molecule has 27 heavy (non-hydrogen) atoms. The molecule has 1 N–H and O–H groups in total. The van der Waals surface area contributed by atoms with Gasteiger partial charge in [-0.05, 0) is 42.3 Å². The number of hydrazone groups is 1. The Labute approximate surface area is 166 Å². The molecular weight excluding hydrogens is 387 g/mol. The van der Waals surface area contributed by atoms with Gasteiger partial charge in [0, 0.05) is 23.8 Å². The first-order valence-corrected chi connectivity index (χ1v) is 8.98. The monoisotopic (exact) mass is 402 g/mol. The average molecular weight is 403 g/mol. The zero-order valence-electron chi connectivity index (χ0n) is 14.2. The summed E-state index contributed by atoms with van der Waals surface area (Å²) in [4.78, 5) is 20.3. The normalized spacial score (nSPS) is 11.0. The first-order valence-electron chi connectivity index (χ1n) is 8.22. The Morgan fingerprint density at radius 1 is 1.11 bits per heavy atom. The second kappa shape index (κ2) is 9.30.